The van der Waals surface area contributed by atoms with Crippen LogP contribution < -0.4 is 14.8 Å². The molecule has 0 saturated heterocycles. The molecule has 1 aromatic heterocycles. The number of ether oxygens (including phenoxy) is 2. The summed E-state index contributed by atoms with van der Waals surface area (Å²) in [5.41, 5.74) is 1.75. The molecule has 0 saturated carbocycles. The summed E-state index contributed by atoms with van der Waals surface area (Å²) < 4.78 is 10.5. The minimum Gasteiger partial charge on any atom is -0.454 e. The third-order valence-corrected chi connectivity index (χ3v) is 4.17. The topological polar surface area (TPSA) is 67.8 Å². The Labute approximate surface area is 138 Å². The molecular weight excluding hydrogens is 314 g/mol. The molecule has 3 rings (SSSR count). The van der Waals surface area contributed by atoms with Gasteiger partial charge in [0.15, 0.2) is 11.5 Å². The Morgan fingerprint density at radius 1 is 1.35 bits per heavy atom. The van der Waals surface area contributed by atoms with Crippen molar-refractivity contribution in [3.63, 3.8) is 0 Å². The van der Waals surface area contributed by atoms with Crippen LogP contribution in [-0.2, 0) is 4.79 Å². The number of carbonyl (C=O) groups excluding carboxylic acids is 1. The molecule has 2 N–H and O–H groups in total. The Bertz CT molecular complexity index is 697. The van der Waals surface area contributed by atoms with Gasteiger partial charge in [-0.25, -0.2) is 0 Å². The van der Waals surface area contributed by atoms with Crippen molar-refractivity contribution < 1.29 is 19.4 Å². The summed E-state index contributed by atoms with van der Waals surface area (Å²) in [6.45, 7) is 0.650. The van der Waals surface area contributed by atoms with Gasteiger partial charge in [-0.1, -0.05) is 6.07 Å². The van der Waals surface area contributed by atoms with E-state index in [2.05, 4.69) is 5.32 Å². The number of carbonyl (C=O) groups is 1. The van der Waals surface area contributed by atoms with Crippen LogP contribution in [0.2, 0.25) is 0 Å². The third-order valence-electron chi connectivity index (χ3n) is 3.47. The molecule has 120 valence electrons. The van der Waals surface area contributed by atoms with E-state index in [0.717, 1.165) is 11.1 Å². The Kier molecular flexibility index (Phi) is 4.95. The molecule has 1 unspecified atom stereocenters. The summed E-state index contributed by atoms with van der Waals surface area (Å²) in [6, 6.07) is 7.39. The van der Waals surface area contributed by atoms with Gasteiger partial charge in [0.05, 0.1) is 6.10 Å². The van der Waals surface area contributed by atoms with Crippen LogP contribution in [-0.4, -0.2) is 24.4 Å². The van der Waals surface area contributed by atoms with Crippen LogP contribution in [0.1, 0.15) is 23.7 Å². The molecule has 1 aliphatic heterocycles. The molecule has 6 heteroatoms. The number of amides is 1. The minimum atomic E-state index is -0.542. The van der Waals surface area contributed by atoms with Crippen LogP contribution in [0.3, 0.4) is 0 Å². The zero-order chi connectivity index (χ0) is 16.1. The fraction of sp³-hybridized carbons (Fsp3) is 0.235. The van der Waals surface area contributed by atoms with Crippen molar-refractivity contribution in [2.45, 2.75) is 12.5 Å². The van der Waals surface area contributed by atoms with Crippen LogP contribution in [0.15, 0.2) is 41.1 Å². The highest BCUT2D eigenvalue weighted by atomic mass is 32.1. The molecule has 23 heavy (non-hydrogen) atoms. The standard InChI is InChI=1S/C17H17NO4S/c19-14(13-6-8-23-10-13)5-7-18-17(20)4-2-12-1-3-15-16(9-12)22-11-21-15/h1-4,6,8-10,14,19H,5,7,11H2,(H,18,20)/b4-2+. The van der Waals surface area contributed by atoms with Gasteiger partial charge in [-0.15, -0.1) is 0 Å². The van der Waals surface area contributed by atoms with Gasteiger partial charge < -0.3 is 19.9 Å². The van der Waals surface area contributed by atoms with Crippen LogP contribution in [0, 0.1) is 0 Å². The van der Waals surface area contributed by atoms with Crippen molar-refractivity contribution in [2.75, 3.05) is 13.3 Å². The molecule has 2 heterocycles. The van der Waals surface area contributed by atoms with E-state index in [-0.39, 0.29) is 12.7 Å². The maximum atomic E-state index is 11.8. The van der Waals surface area contributed by atoms with Crippen molar-refractivity contribution in [3.8, 4) is 11.5 Å². The number of aliphatic hydroxyl groups excluding tert-OH is 1. The van der Waals surface area contributed by atoms with Gasteiger partial charge >= 0.3 is 0 Å². The lowest BCUT2D eigenvalue weighted by atomic mass is 10.1. The Balaban J connectivity index is 1.45. The molecule has 0 radical (unpaired) electrons. The lowest BCUT2D eigenvalue weighted by molar-refractivity contribution is -0.116. The quantitative estimate of drug-likeness (QED) is 0.799. The van der Waals surface area contributed by atoms with E-state index in [4.69, 9.17) is 9.47 Å². The number of fused-ring (bicyclic) bond motifs is 1. The predicted molar refractivity (Wildman–Crippen MR) is 88.5 cm³/mol. The first-order valence-electron chi connectivity index (χ1n) is 7.28. The Hall–Kier alpha value is -2.31. The fourth-order valence-electron chi connectivity index (χ4n) is 2.21. The first-order valence-corrected chi connectivity index (χ1v) is 8.22. The lowest BCUT2D eigenvalue weighted by Crippen LogP contribution is -2.23. The highest BCUT2D eigenvalue weighted by molar-refractivity contribution is 7.07. The van der Waals surface area contributed by atoms with Crippen LogP contribution in [0.4, 0.5) is 0 Å². The van der Waals surface area contributed by atoms with E-state index in [0.29, 0.717) is 24.5 Å². The maximum Gasteiger partial charge on any atom is 0.244 e. The Morgan fingerprint density at radius 2 is 2.22 bits per heavy atom. The number of aliphatic hydroxyl groups is 1. The van der Waals surface area contributed by atoms with E-state index in [1.54, 1.807) is 17.4 Å². The summed E-state index contributed by atoms with van der Waals surface area (Å²) in [6.07, 6.45) is 3.13. The summed E-state index contributed by atoms with van der Waals surface area (Å²) in [4.78, 5) is 11.8. The molecule has 1 amide bonds. The maximum absolute atomic E-state index is 11.8. The summed E-state index contributed by atoms with van der Waals surface area (Å²) in [5, 5.41) is 16.5. The van der Waals surface area contributed by atoms with Crippen LogP contribution in [0.25, 0.3) is 6.08 Å². The van der Waals surface area contributed by atoms with Gasteiger partial charge in [-0.2, -0.15) is 11.3 Å². The molecule has 1 aromatic carbocycles. The molecule has 0 aliphatic carbocycles. The number of benzene rings is 1. The van der Waals surface area contributed by atoms with Crippen molar-refractivity contribution in [1.82, 2.24) is 5.32 Å². The average molecular weight is 331 g/mol. The van der Waals surface area contributed by atoms with E-state index >= 15 is 0 Å². The number of thiophene rings is 1. The molecule has 0 bridgehead atoms. The molecule has 0 spiro atoms. The number of hydrogen-bond donors (Lipinski definition) is 2. The second-order valence-corrected chi connectivity index (χ2v) is 5.88. The third kappa shape index (κ3) is 4.12. The van der Waals surface area contributed by atoms with Gasteiger partial charge in [0.2, 0.25) is 12.7 Å². The van der Waals surface area contributed by atoms with Gasteiger partial charge in [0, 0.05) is 12.6 Å². The number of nitrogens with one attached hydrogen (secondary N) is 1. The van der Waals surface area contributed by atoms with Gasteiger partial charge in [-0.3, -0.25) is 4.79 Å². The van der Waals surface area contributed by atoms with E-state index < -0.39 is 6.10 Å². The van der Waals surface area contributed by atoms with Crippen molar-refractivity contribution >= 4 is 23.3 Å². The van der Waals surface area contributed by atoms with E-state index in [1.165, 1.54) is 6.08 Å². The van der Waals surface area contributed by atoms with Crippen LogP contribution >= 0.6 is 11.3 Å². The number of rotatable bonds is 6. The molecule has 1 aliphatic rings. The summed E-state index contributed by atoms with van der Waals surface area (Å²) in [7, 11) is 0. The fourth-order valence-corrected chi connectivity index (χ4v) is 2.92. The highest BCUT2D eigenvalue weighted by Crippen LogP contribution is 2.32. The Morgan fingerprint density at radius 3 is 3.04 bits per heavy atom. The second-order valence-electron chi connectivity index (χ2n) is 5.10. The summed E-state index contributed by atoms with van der Waals surface area (Å²) >= 11 is 1.54. The van der Waals surface area contributed by atoms with Crippen molar-refractivity contribution in [3.05, 3.63) is 52.2 Å². The molecule has 1 atom stereocenters. The first-order chi connectivity index (χ1) is 11.2. The normalized spacial score (nSPS) is 14.1. The summed E-state index contributed by atoms with van der Waals surface area (Å²) in [5.74, 6) is 1.21. The number of hydrogen-bond acceptors (Lipinski definition) is 5. The van der Waals surface area contributed by atoms with Crippen molar-refractivity contribution in [2.24, 2.45) is 0 Å². The monoisotopic (exact) mass is 331 g/mol. The molecule has 5 nitrogen and oxygen atoms in total. The zero-order valence-electron chi connectivity index (χ0n) is 12.4. The van der Waals surface area contributed by atoms with Crippen molar-refractivity contribution in [1.29, 1.82) is 0 Å². The lowest BCUT2D eigenvalue weighted by Gasteiger charge is -2.08. The highest BCUT2D eigenvalue weighted by Gasteiger charge is 2.12. The SMILES string of the molecule is O=C(/C=C/c1ccc2c(c1)OCO2)NCCC(O)c1ccsc1. The minimum absolute atomic E-state index is 0.194. The smallest absolute Gasteiger partial charge is 0.244 e. The van der Waals surface area contributed by atoms with Gasteiger partial charge in [-0.05, 0) is 52.6 Å². The molecule has 2 aromatic rings. The van der Waals surface area contributed by atoms with Gasteiger partial charge in [0.25, 0.3) is 0 Å². The zero-order valence-corrected chi connectivity index (χ0v) is 13.2. The molecule has 0 fully saturated rings. The van der Waals surface area contributed by atoms with Gasteiger partial charge in [0.1, 0.15) is 0 Å². The second kappa shape index (κ2) is 7.30. The predicted octanol–water partition coefficient (Wildman–Crippen LogP) is 2.73. The van der Waals surface area contributed by atoms with E-state index in [1.807, 2.05) is 35.0 Å². The largest absolute Gasteiger partial charge is 0.454 e. The van der Waals surface area contributed by atoms with E-state index in [9.17, 15) is 9.90 Å². The molecular formula is C17H17NO4S. The van der Waals surface area contributed by atoms with Crippen LogP contribution in [0.5, 0.6) is 11.5 Å². The average Bonchev–Trinajstić information content (AvgIpc) is 3.23. The first kappa shape index (κ1) is 15.6.